The monoisotopic (exact) mass is 289 g/mol. The fourth-order valence-corrected chi connectivity index (χ4v) is 3.15. The molecule has 21 heavy (non-hydrogen) atoms. The molecule has 0 aromatic heterocycles. The minimum absolute atomic E-state index is 0.0681. The van der Waals surface area contributed by atoms with E-state index in [-0.39, 0.29) is 11.5 Å². The third-order valence-electron chi connectivity index (χ3n) is 4.53. The summed E-state index contributed by atoms with van der Waals surface area (Å²) in [6.45, 7) is 12.4. The van der Waals surface area contributed by atoms with E-state index in [0.717, 1.165) is 38.9 Å². The highest BCUT2D eigenvalue weighted by atomic mass is 16.3. The molecule has 1 aromatic carbocycles. The van der Waals surface area contributed by atoms with Crippen LogP contribution in [0.15, 0.2) is 24.3 Å². The van der Waals surface area contributed by atoms with Crippen molar-refractivity contribution in [3.05, 3.63) is 35.4 Å². The summed E-state index contributed by atoms with van der Waals surface area (Å²) in [4.78, 5) is 2.50. The van der Waals surface area contributed by atoms with E-state index in [1.54, 1.807) is 0 Å². The second kappa shape index (κ2) is 6.93. The first-order chi connectivity index (χ1) is 9.84. The van der Waals surface area contributed by atoms with E-state index in [1.807, 2.05) is 0 Å². The minimum Gasteiger partial charge on any atom is -0.393 e. The predicted molar refractivity (Wildman–Crippen MR) is 89.7 cm³/mol. The molecule has 0 saturated carbocycles. The molecule has 0 amide bonds. The molecule has 1 saturated heterocycles. The molecule has 1 aliphatic heterocycles. The maximum Gasteiger partial charge on any atom is 0.0564 e. The van der Waals surface area contributed by atoms with Crippen LogP contribution in [-0.2, 0) is 11.8 Å². The number of aliphatic hydroxyl groups is 1. The third kappa shape index (κ3) is 5.12. The maximum atomic E-state index is 9.56. The van der Waals surface area contributed by atoms with Gasteiger partial charge in [-0.1, -0.05) is 52.0 Å². The molecule has 2 nitrogen and oxygen atoms in total. The van der Waals surface area contributed by atoms with Gasteiger partial charge in [-0.25, -0.2) is 0 Å². The van der Waals surface area contributed by atoms with Crippen molar-refractivity contribution in [2.45, 2.75) is 58.5 Å². The van der Waals surface area contributed by atoms with E-state index >= 15 is 0 Å². The number of hydrogen-bond donors (Lipinski definition) is 1. The molecule has 2 heteroatoms. The molecule has 118 valence electrons. The van der Waals surface area contributed by atoms with E-state index in [1.165, 1.54) is 11.1 Å². The number of rotatable bonds is 4. The van der Waals surface area contributed by atoms with Crippen molar-refractivity contribution in [1.82, 2.24) is 4.90 Å². The Morgan fingerprint density at radius 1 is 1.14 bits per heavy atom. The summed E-state index contributed by atoms with van der Waals surface area (Å²) >= 11 is 0. The zero-order valence-electron chi connectivity index (χ0n) is 14.1. The third-order valence-corrected chi connectivity index (χ3v) is 4.53. The van der Waals surface area contributed by atoms with Gasteiger partial charge in [0.1, 0.15) is 0 Å². The maximum absolute atomic E-state index is 9.56. The first kappa shape index (κ1) is 16.5. The van der Waals surface area contributed by atoms with Crippen LogP contribution in [0.2, 0.25) is 0 Å². The SMILES string of the molecule is CC(Cc1ccc(C(C)(C)C)cc1)CN1CCC(O)CC1. The van der Waals surface area contributed by atoms with Crippen LogP contribution in [-0.4, -0.2) is 35.7 Å². The molecular weight excluding hydrogens is 258 g/mol. The van der Waals surface area contributed by atoms with Gasteiger partial charge in [-0.05, 0) is 41.7 Å². The predicted octanol–water partition coefficient (Wildman–Crippen LogP) is 3.62. The largest absolute Gasteiger partial charge is 0.393 e. The first-order valence-corrected chi connectivity index (χ1v) is 8.34. The molecule has 1 aliphatic rings. The Hall–Kier alpha value is -0.860. The summed E-state index contributed by atoms with van der Waals surface area (Å²) in [6, 6.07) is 9.13. The summed E-state index contributed by atoms with van der Waals surface area (Å²) in [5, 5.41) is 9.56. The molecule has 2 rings (SSSR count). The van der Waals surface area contributed by atoms with Gasteiger partial charge in [-0.3, -0.25) is 0 Å². The standard InChI is InChI=1S/C19H31NO/c1-15(14-20-11-9-18(21)10-12-20)13-16-5-7-17(8-6-16)19(2,3)4/h5-8,15,18,21H,9-14H2,1-4H3. The van der Waals surface area contributed by atoms with Gasteiger partial charge < -0.3 is 10.0 Å². The minimum atomic E-state index is -0.0681. The topological polar surface area (TPSA) is 23.5 Å². The van der Waals surface area contributed by atoms with Crippen molar-refractivity contribution < 1.29 is 5.11 Å². The highest BCUT2D eigenvalue weighted by molar-refractivity contribution is 5.27. The number of nitrogens with zero attached hydrogens (tertiary/aromatic N) is 1. The highest BCUT2D eigenvalue weighted by Crippen LogP contribution is 2.23. The van der Waals surface area contributed by atoms with Crippen LogP contribution in [0, 0.1) is 5.92 Å². The zero-order chi connectivity index (χ0) is 15.5. The van der Waals surface area contributed by atoms with Crippen LogP contribution in [0.25, 0.3) is 0 Å². The summed E-state index contributed by atoms with van der Waals surface area (Å²) in [6.07, 6.45) is 2.95. The Morgan fingerprint density at radius 2 is 1.71 bits per heavy atom. The lowest BCUT2D eigenvalue weighted by molar-refractivity contribution is 0.0760. The zero-order valence-corrected chi connectivity index (χ0v) is 14.1. The van der Waals surface area contributed by atoms with Gasteiger partial charge in [-0.2, -0.15) is 0 Å². The molecule has 0 aliphatic carbocycles. The fraction of sp³-hybridized carbons (Fsp3) is 0.684. The average molecular weight is 289 g/mol. The van der Waals surface area contributed by atoms with E-state index in [0.29, 0.717) is 5.92 Å². The quantitative estimate of drug-likeness (QED) is 0.915. The molecule has 1 heterocycles. The van der Waals surface area contributed by atoms with E-state index < -0.39 is 0 Å². The highest BCUT2D eigenvalue weighted by Gasteiger charge is 2.19. The average Bonchev–Trinajstić information content (AvgIpc) is 2.41. The van der Waals surface area contributed by atoms with Crippen LogP contribution in [0.4, 0.5) is 0 Å². The van der Waals surface area contributed by atoms with E-state index in [4.69, 9.17) is 0 Å². The van der Waals surface area contributed by atoms with Crippen LogP contribution in [0.5, 0.6) is 0 Å². The van der Waals surface area contributed by atoms with Gasteiger partial charge in [-0.15, -0.1) is 0 Å². The lowest BCUT2D eigenvalue weighted by atomic mass is 9.86. The second-order valence-corrected chi connectivity index (χ2v) is 7.79. The van der Waals surface area contributed by atoms with Crippen molar-refractivity contribution >= 4 is 0 Å². The Morgan fingerprint density at radius 3 is 2.24 bits per heavy atom. The van der Waals surface area contributed by atoms with Gasteiger partial charge >= 0.3 is 0 Å². The molecule has 1 atom stereocenters. The normalized spacial score (nSPS) is 19.7. The first-order valence-electron chi connectivity index (χ1n) is 8.34. The second-order valence-electron chi connectivity index (χ2n) is 7.79. The lowest BCUT2D eigenvalue weighted by Crippen LogP contribution is -2.38. The summed E-state index contributed by atoms with van der Waals surface area (Å²) in [5.41, 5.74) is 3.08. The Bertz CT molecular complexity index is 424. The summed E-state index contributed by atoms with van der Waals surface area (Å²) in [5.74, 6) is 0.667. The molecule has 0 bridgehead atoms. The number of hydrogen-bond acceptors (Lipinski definition) is 2. The van der Waals surface area contributed by atoms with Crippen LogP contribution in [0.1, 0.15) is 51.7 Å². The molecule has 1 unspecified atom stereocenters. The fourth-order valence-electron chi connectivity index (χ4n) is 3.15. The Kier molecular flexibility index (Phi) is 5.45. The number of benzene rings is 1. The molecule has 1 N–H and O–H groups in total. The number of aliphatic hydroxyl groups excluding tert-OH is 1. The molecule has 0 radical (unpaired) electrons. The summed E-state index contributed by atoms with van der Waals surface area (Å²) in [7, 11) is 0. The van der Waals surface area contributed by atoms with Gasteiger partial charge in [0.15, 0.2) is 0 Å². The molecule has 0 spiro atoms. The Balaban J connectivity index is 1.83. The number of piperidine rings is 1. The van der Waals surface area contributed by atoms with Gasteiger partial charge in [0, 0.05) is 19.6 Å². The summed E-state index contributed by atoms with van der Waals surface area (Å²) < 4.78 is 0. The van der Waals surface area contributed by atoms with E-state index in [9.17, 15) is 5.11 Å². The number of likely N-dealkylation sites (tertiary alicyclic amines) is 1. The van der Waals surface area contributed by atoms with E-state index in [2.05, 4.69) is 56.9 Å². The molecular formula is C19H31NO. The van der Waals surface area contributed by atoms with Crippen LogP contribution < -0.4 is 0 Å². The lowest BCUT2D eigenvalue weighted by Gasteiger charge is -2.31. The van der Waals surface area contributed by atoms with Crippen LogP contribution in [0.3, 0.4) is 0 Å². The van der Waals surface area contributed by atoms with Crippen molar-refractivity contribution in [3.8, 4) is 0 Å². The Labute approximate surface area is 130 Å². The van der Waals surface area contributed by atoms with Gasteiger partial charge in [0.2, 0.25) is 0 Å². The molecule has 1 aromatic rings. The van der Waals surface area contributed by atoms with Crippen molar-refractivity contribution in [1.29, 1.82) is 0 Å². The van der Waals surface area contributed by atoms with Gasteiger partial charge in [0.25, 0.3) is 0 Å². The van der Waals surface area contributed by atoms with Crippen molar-refractivity contribution in [2.75, 3.05) is 19.6 Å². The van der Waals surface area contributed by atoms with Gasteiger partial charge in [0.05, 0.1) is 6.10 Å². The van der Waals surface area contributed by atoms with Crippen molar-refractivity contribution in [2.24, 2.45) is 5.92 Å². The smallest absolute Gasteiger partial charge is 0.0564 e. The van der Waals surface area contributed by atoms with Crippen LogP contribution >= 0.6 is 0 Å². The van der Waals surface area contributed by atoms with Crippen molar-refractivity contribution in [3.63, 3.8) is 0 Å². The molecule has 1 fully saturated rings.